The van der Waals surface area contributed by atoms with Crippen LogP contribution in [0.4, 0.5) is 0 Å². The minimum Gasteiger partial charge on any atom is -0.299 e. The number of hydrogen-bond donors (Lipinski definition) is 0. The molecule has 0 saturated carbocycles. The van der Waals surface area contributed by atoms with E-state index in [1.54, 1.807) is 28.6 Å². The van der Waals surface area contributed by atoms with E-state index in [2.05, 4.69) is 20.1 Å². The molecule has 7 nitrogen and oxygen atoms in total. The molecule has 24 heavy (non-hydrogen) atoms. The highest BCUT2D eigenvalue weighted by molar-refractivity contribution is 7.98. The highest BCUT2D eigenvalue weighted by Crippen LogP contribution is 2.26. The molecule has 0 aliphatic heterocycles. The van der Waals surface area contributed by atoms with Crippen LogP contribution in [0.25, 0.3) is 21.9 Å². The van der Waals surface area contributed by atoms with E-state index in [1.165, 1.54) is 18.1 Å². The summed E-state index contributed by atoms with van der Waals surface area (Å²) < 4.78 is 3.31. The van der Waals surface area contributed by atoms with Crippen molar-refractivity contribution in [3.8, 4) is 0 Å². The molecule has 4 rings (SSSR count). The number of benzene rings is 1. The van der Waals surface area contributed by atoms with Crippen molar-refractivity contribution in [2.24, 2.45) is 14.1 Å². The Bertz CT molecular complexity index is 1120. The zero-order chi connectivity index (χ0) is 16.7. The second-order valence-electron chi connectivity index (χ2n) is 5.38. The average Bonchev–Trinajstić information content (AvgIpc) is 2.99. The van der Waals surface area contributed by atoms with Gasteiger partial charge in [0.05, 0.1) is 28.2 Å². The van der Waals surface area contributed by atoms with Gasteiger partial charge in [0.1, 0.15) is 17.2 Å². The molecule has 0 unspecified atom stereocenters. The quantitative estimate of drug-likeness (QED) is 0.419. The number of nitrogens with zero attached hydrogens (tertiary/aromatic N) is 6. The van der Waals surface area contributed by atoms with Gasteiger partial charge in [0.2, 0.25) is 0 Å². The molecule has 8 heteroatoms. The molecule has 120 valence electrons. The van der Waals surface area contributed by atoms with E-state index in [0.29, 0.717) is 22.5 Å². The van der Waals surface area contributed by atoms with E-state index in [4.69, 9.17) is 0 Å². The Balaban J connectivity index is 1.72. The van der Waals surface area contributed by atoms with E-state index in [9.17, 15) is 4.79 Å². The fraction of sp³-hybridized carbons (Fsp3) is 0.188. The van der Waals surface area contributed by atoms with Crippen LogP contribution in [-0.2, 0) is 19.8 Å². The van der Waals surface area contributed by atoms with Crippen molar-refractivity contribution >= 4 is 33.7 Å². The third-order valence-electron chi connectivity index (χ3n) is 3.91. The Hall–Kier alpha value is -2.74. The molecule has 0 atom stereocenters. The van der Waals surface area contributed by atoms with Gasteiger partial charge in [-0.1, -0.05) is 23.9 Å². The van der Waals surface area contributed by atoms with Gasteiger partial charge in [-0.3, -0.25) is 14.0 Å². The lowest BCUT2D eigenvalue weighted by atomic mass is 10.2. The summed E-state index contributed by atoms with van der Waals surface area (Å²) in [6, 6.07) is 7.38. The van der Waals surface area contributed by atoms with Crippen LogP contribution in [0.3, 0.4) is 0 Å². The first-order chi connectivity index (χ1) is 11.6. The average molecular weight is 338 g/mol. The van der Waals surface area contributed by atoms with Gasteiger partial charge in [0.15, 0.2) is 5.65 Å². The van der Waals surface area contributed by atoms with E-state index < -0.39 is 0 Å². The number of aryl methyl sites for hydroxylation is 1. The van der Waals surface area contributed by atoms with E-state index in [0.717, 1.165) is 16.1 Å². The number of hydrogen-bond acceptors (Lipinski definition) is 6. The molecule has 0 radical (unpaired) electrons. The summed E-state index contributed by atoms with van der Waals surface area (Å²) in [4.78, 5) is 25.6. The zero-order valence-electron chi connectivity index (χ0n) is 13.2. The van der Waals surface area contributed by atoms with Gasteiger partial charge < -0.3 is 0 Å². The van der Waals surface area contributed by atoms with Crippen LogP contribution in [0.2, 0.25) is 0 Å². The van der Waals surface area contributed by atoms with Crippen LogP contribution in [0.15, 0.2) is 46.6 Å². The maximum absolute atomic E-state index is 12.5. The number of rotatable bonds is 3. The maximum atomic E-state index is 12.5. The third kappa shape index (κ3) is 2.35. The summed E-state index contributed by atoms with van der Waals surface area (Å²) in [5.74, 6) is 1.25. The Labute approximate surface area is 141 Å². The van der Waals surface area contributed by atoms with E-state index in [1.807, 2.05) is 25.2 Å². The molecule has 3 heterocycles. The third-order valence-corrected chi connectivity index (χ3v) is 4.91. The van der Waals surface area contributed by atoms with Crippen LogP contribution in [0, 0.1) is 0 Å². The molecule has 0 fully saturated rings. The molecule has 1 aromatic carbocycles. The summed E-state index contributed by atoms with van der Waals surface area (Å²) in [7, 11) is 3.59. The minimum absolute atomic E-state index is 0.0367. The summed E-state index contributed by atoms with van der Waals surface area (Å²) in [5, 5.41) is 6.57. The molecule has 4 aromatic rings. The van der Waals surface area contributed by atoms with Crippen molar-refractivity contribution < 1.29 is 0 Å². The highest BCUT2D eigenvalue weighted by Gasteiger charge is 2.12. The van der Waals surface area contributed by atoms with Gasteiger partial charge in [-0.25, -0.2) is 15.0 Å². The summed E-state index contributed by atoms with van der Waals surface area (Å²) in [6.45, 7) is 0. The fourth-order valence-electron chi connectivity index (χ4n) is 2.58. The number of para-hydroxylation sites is 1. The van der Waals surface area contributed by atoms with Crippen molar-refractivity contribution in [3.63, 3.8) is 0 Å². The first kappa shape index (κ1) is 14.8. The topological polar surface area (TPSA) is 78.5 Å². The molecule has 0 N–H and O–H groups in total. The summed E-state index contributed by atoms with van der Waals surface area (Å²) in [6.07, 6.45) is 3.28. The zero-order valence-corrected chi connectivity index (χ0v) is 14.0. The molecule has 0 aliphatic carbocycles. The Morgan fingerprint density at radius 1 is 1.12 bits per heavy atom. The Kier molecular flexibility index (Phi) is 3.53. The first-order valence-electron chi connectivity index (χ1n) is 7.35. The lowest BCUT2D eigenvalue weighted by molar-refractivity contribution is 0.783. The lowest BCUT2D eigenvalue weighted by Crippen LogP contribution is -2.21. The largest absolute Gasteiger partial charge is 0.299 e. The second kappa shape index (κ2) is 5.72. The van der Waals surface area contributed by atoms with Gasteiger partial charge in [-0.05, 0) is 12.1 Å². The van der Waals surface area contributed by atoms with Gasteiger partial charge >= 0.3 is 0 Å². The molecule has 0 aliphatic rings. The maximum Gasteiger partial charge on any atom is 0.261 e. The molecular formula is C16H14N6OS. The first-order valence-corrected chi connectivity index (χ1v) is 8.34. The molecule has 0 amide bonds. The highest BCUT2D eigenvalue weighted by atomic mass is 32.2. The van der Waals surface area contributed by atoms with Crippen molar-refractivity contribution in [1.29, 1.82) is 0 Å². The molecule has 0 spiro atoms. The summed E-state index contributed by atoms with van der Waals surface area (Å²) >= 11 is 1.52. The smallest absolute Gasteiger partial charge is 0.261 e. The van der Waals surface area contributed by atoms with Crippen molar-refractivity contribution in [3.05, 3.63) is 53.0 Å². The van der Waals surface area contributed by atoms with E-state index >= 15 is 0 Å². The SMILES string of the molecule is Cn1c(CSc2ncnc3c2cnn3C)nc2ccccc2c1=O. The van der Waals surface area contributed by atoms with Crippen LogP contribution >= 0.6 is 11.8 Å². The normalized spacial score (nSPS) is 11.4. The van der Waals surface area contributed by atoms with Crippen LogP contribution in [0.1, 0.15) is 5.82 Å². The Morgan fingerprint density at radius 3 is 2.83 bits per heavy atom. The summed E-state index contributed by atoms with van der Waals surface area (Å²) in [5.41, 5.74) is 1.46. The number of fused-ring (bicyclic) bond motifs is 2. The van der Waals surface area contributed by atoms with Crippen LogP contribution in [-0.4, -0.2) is 29.3 Å². The van der Waals surface area contributed by atoms with Crippen molar-refractivity contribution in [1.82, 2.24) is 29.3 Å². The van der Waals surface area contributed by atoms with Crippen molar-refractivity contribution in [2.45, 2.75) is 10.8 Å². The Morgan fingerprint density at radius 2 is 1.96 bits per heavy atom. The standard InChI is InChI=1S/C16H14N6OS/c1-21-13(20-12-6-4-3-5-10(12)16(21)23)8-24-15-11-7-19-22(2)14(11)17-9-18-15/h3-7,9H,8H2,1-2H3. The molecule has 3 aromatic heterocycles. The lowest BCUT2D eigenvalue weighted by Gasteiger charge is -2.09. The fourth-order valence-corrected chi connectivity index (χ4v) is 3.53. The van der Waals surface area contributed by atoms with Crippen molar-refractivity contribution in [2.75, 3.05) is 0 Å². The number of aromatic nitrogens is 6. The van der Waals surface area contributed by atoms with Gasteiger partial charge in [0.25, 0.3) is 5.56 Å². The molecular weight excluding hydrogens is 324 g/mol. The molecule has 0 bridgehead atoms. The monoisotopic (exact) mass is 338 g/mol. The molecule has 0 saturated heterocycles. The van der Waals surface area contributed by atoms with Gasteiger partial charge in [-0.15, -0.1) is 0 Å². The van der Waals surface area contributed by atoms with Gasteiger partial charge in [0, 0.05) is 14.1 Å². The van der Waals surface area contributed by atoms with E-state index in [-0.39, 0.29) is 5.56 Å². The van der Waals surface area contributed by atoms with Crippen LogP contribution < -0.4 is 5.56 Å². The van der Waals surface area contributed by atoms with Gasteiger partial charge in [-0.2, -0.15) is 5.10 Å². The predicted octanol–water partition coefficient (Wildman–Crippen LogP) is 1.90. The predicted molar refractivity (Wildman–Crippen MR) is 92.8 cm³/mol. The second-order valence-corrected chi connectivity index (χ2v) is 6.35. The van der Waals surface area contributed by atoms with Crippen LogP contribution in [0.5, 0.6) is 0 Å². The minimum atomic E-state index is -0.0367. The number of thioether (sulfide) groups is 1.